The van der Waals surface area contributed by atoms with E-state index in [2.05, 4.69) is 9.71 Å². The Balaban J connectivity index is 2.88. The van der Waals surface area contributed by atoms with Crippen LogP contribution in [-0.4, -0.2) is 24.9 Å². The smallest absolute Gasteiger partial charge is 0.263 e. The van der Waals surface area contributed by atoms with Crippen molar-refractivity contribution in [3.8, 4) is 0 Å². The molecule has 0 amide bonds. The third kappa shape index (κ3) is 3.74. The normalized spacial score (nSPS) is 11.4. The Labute approximate surface area is 105 Å². The highest BCUT2D eigenvalue weighted by Gasteiger charge is 2.25. The average Bonchev–Trinajstić information content (AvgIpc) is 2.35. The first-order valence-corrected chi connectivity index (χ1v) is 7.05. The van der Waals surface area contributed by atoms with Crippen LogP contribution >= 0.6 is 0 Å². The van der Waals surface area contributed by atoms with Gasteiger partial charge < -0.3 is 0 Å². The minimum absolute atomic E-state index is 0.266. The van der Waals surface area contributed by atoms with Crippen LogP contribution in [0.1, 0.15) is 26.2 Å². The summed E-state index contributed by atoms with van der Waals surface area (Å²) in [7, 11) is -3.87. The zero-order valence-electron chi connectivity index (χ0n) is 10.00. The van der Waals surface area contributed by atoms with Crippen molar-refractivity contribution in [2.75, 3.05) is 6.54 Å². The Morgan fingerprint density at radius 3 is 2.78 bits per heavy atom. The first-order chi connectivity index (χ1) is 8.49. The molecule has 1 rings (SSSR count). The van der Waals surface area contributed by atoms with Gasteiger partial charge in [-0.25, -0.2) is 13.1 Å². The van der Waals surface area contributed by atoms with Crippen molar-refractivity contribution in [2.45, 2.75) is 31.1 Å². The number of hydrogen-bond donors (Lipinski definition) is 1. The molecule has 0 atom stereocenters. The van der Waals surface area contributed by atoms with Crippen LogP contribution in [0, 0.1) is 10.1 Å². The summed E-state index contributed by atoms with van der Waals surface area (Å²) in [4.78, 5) is 13.2. The molecule has 0 radical (unpaired) electrons. The van der Waals surface area contributed by atoms with E-state index in [0.717, 1.165) is 25.1 Å². The number of hydrogen-bond acceptors (Lipinski definition) is 5. The third-order valence-corrected chi connectivity index (χ3v) is 3.80. The van der Waals surface area contributed by atoms with Crippen molar-refractivity contribution >= 4 is 15.7 Å². The monoisotopic (exact) mass is 273 g/mol. The molecule has 7 nitrogen and oxygen atoms in total. The number of nitrogens with one attached hydrogen (secondary N) is 1. The van der Waals surface area contributed by atoms with Crippen LogP contribution in [0.5, 0.6) is 0 Å². The minimum atomic E-state index is -3.87. The number of aromatic nitrogens is 1. The van der Waals surface area contributed by atoms with Gasteiger partial charge in [-0.1, -0.05) is 19.8 Å². The van der Waals surface area contributed by atoms with E-state index < -0.39 is 25.5 Å². The fraction of sp³-hybridized carbons (Fsp3) is 0.500. The number of nitro groups is 1. The third-order valence-electron chi connectivity index (χ3n) is 2.32. The van der Waals surface area contributed by atoms with E-state index in [9.17, 15) is 18.5 Å². The summed E-state index contributed by atoms with van der Waals surface area (Å²) in [6.45, 7) is 2.27. The lowest BCUT2D eigenvalue weighted by Crippen LogP contribution is -2.25. The molecule has 1 heterocycles. The summed E-state index contributed by atoms with van der Waals surface area (Å²) in [6, 6.07) is 1.07. The molecule has 0 aliphatic heterocycles. The van der Waals surface area contributed by atoms with Crippen LogP contribution < -0.4 is 4.72 Å². The molecule has 0 fully saturated rings. The van der Waals surface area contributed by atoms with E-state index in [1.165, 1.54) is 6.20 Å². The molecule has 1 aromatic rings. The second-order valence-corrected chi connectivity index (χ2v) is 5.44. The van der Waals surface area contributed by atoms with E-state index in [0.29, 0.717) is 6.42 Å². The molecule has 0 saturated heterocycles. The van der Waals surface area contributed by atoms with Gasteiger partial charge in [0.2, 0.25) is 10.0 Å². The maximum absolute atomic E-state index is 11.9. The van der Waals surface area contributed by atoms with E-state index in [-0.39, 0.29) is 6.54 Å². The molecule has 0 bridgehead atoms. The van der Waals surface area contributed by atoms with Gasteiger partial charge in [0.25, 0.3) is 5.69 Å². The average molecular weight is 273 g/mol. The Hall–Kier alpha value is -1.54. The highest BCUT2D eigenvalue weighted by atomic mass is 32.2. The Kier molecular flexibility index (Phi) is 5.17. The number of nitrogens with zero attached hydrogens (tertiary/aromatic N) is 2. The van der Waals surface area contributed by atoms with Crippen LogP contribution in [0.4, 0.5) is 5.69 Å². The van der Waals surface area contributed by atoms with Crippen LogP contribution in [0.3, 0.4) is 0 Å². The van der Waals surface area contributed by atoms with Gasteiger partial charge in [-0.15, -0.1) is 0 Å². The largest absolute Gasteiger partial charge is 0.292 e. The summed E-state index contributed by atoms with van der Waals surface area (Å²) < 4.78 is 26.1. The fourth-order valence-corrected chi connectivity index (χ4v) is 2.58. The molecule has 1 N–H and O–H groups in total. The first-order valence-electron chi connectivity index (χ1n) is 5.57. The van der Waals surface area contributed by atoms with Gasteiger partial charge in [-0.2, -0.15) is 0 Å². The topological polar surface area (TPSA) is 102 Å². The maximum Gasteiger partial charge on any atom is 0.292 e. The zero-order chi connectivity index (χ0) is 13.6. The second kappa shape index (κ2) is 6.41. The Bertz CT molecular complexity index is 516. The van der Waals surface area contributed by atoms with Crippen molar-refractivity contribution in [3.05, 3.63) is 28.6 Å². The van der Waals surface area contributed by atoms with Crippen LogP contribution in [-0.2, 0) is 10.0 Å². The van der Waals surface area contributed by atoms with Gasteiger partial charge in [-0.05, 0) is 6.42 Å². The van der Waals surface area contributed by atoms with Gasteiger partial charge in [0.1, 0.15) is 0 Å². The van der Waals surface area contributed by atoms with E-state index in [1.54, 1.807) is 0 Å². The zero-order valence-corrected chi connectivity index (χ0v) is 10.8. The molecule has 8 heteroatoms. The summed E-state index contributed by atoms with van der Waals surface area (Å²) in [5.41, 5.74) is -0.465. The summed E-state index contributed by atoms with van der Waals surface area (Å²) in [6.07, 6.45) is 4.74. The van der Waals surface area contributed by atoms with Crippen molar-refractivity contribution < 1.29 is 13.3 Å². The lowest BCUT2D eigenvalue weighted by Gasteiger charge is -2.06. The quantitative estimate of drug-likeness (QED) is 0.460. The minimum Gasteiger partial charge on any atom is -0.263 e. The van der Waals surface area contributed by atoms with Gasteiger partial charge in [-0.3, -0.25) is 15.1 Å². The molecule has 0 aliphatic carbocycles. The van der Waals surface area contributed by atoms with E-state index >= 15 is 0 Å². The van der Waals surface area contributed by atoms with Crippen molar-refractivity contribution in [3.63, 3.8) is 0 Å². The van der Waals surface area contributed by atoms with Gasteiger partial charge in [0.15, 0.2) is 4.90 Å². The molecule has 0 saturated carbocycles. The van der Waals surface area contributed by atoms with E-state index in [4.69, 9.17) is 0 Å². The summed E-state index contributed by atoms with van der Waals surface area (Å²) >= 11 is 0. The van der Waals surface area contributed by atoms with Crippen molar-refractivity contribution in [2.24, 2.45) is 0 Å². The molecule has 0 aliphatic rings. The van der Waals surface area contributed by atoms with Crippen LogP contribution in [0.25, 0.3) is 0 Å². The summed E-state index contributed by atoms with van der Waals surface area (Å²) in [5.74, 6) is 0. The Morgan fingerprint density at radius 1 is 1.44 bits per heavy atom. The van der Waals surface area contributed by atoms with Crippen molar-refractivity contribution in [1.82, 2.24) is 9.71 Å². The van der Waals surface area contributed by atoms with E-state index in [1.807, 2.05) is 6.92 Å². The predicted octanol–water partition coefficient (Wildman–Crippen LogP) is 1.46. The van der Waals surface area contributed by atoms with Gasteiger partial charge in [0.05, 0.1) is 11.1 Å². The molecule has 0 aromatic carbocycles. The number of unbranched alkanes of at least 4 members (excludes halogenated alkanes) is 2. The maximum atomic E-state index is 11.9. The van der Waals surface area contributed by atoms with Gasteiger partial charge in [0, 0.05) is 18.8 Å². The first kappa shape index (κ1) is 14.5. The molecule has 0 unspecified atom stereocenters. The van der Waals surface area contributed by atoms with Crippen LogP contribution in [0.2, 0.25) is 0 Å². The molecule has 1 aromatic heterocycles. The lowest BCUT2D eigenvalue weighted by molar-refractivity contribution is -0.387. The second-order valence-electron chi connectivity index (χ2n) is 3.71. The SMILES string of the molecule is CCCCCNS(=O)(=O)c1cnccc1[N+](=O)[O-]. The number of sulfonamides is 1. The summed E-state index contributed by atoms with van der Waals surface area (Å²) in [5, 5.41) is 10.7. The fourth-order valence-electron chi connectivity index (χ4n) is 1.39. The molecule has 100 valence electrons. The number of pyridine rings is 1. The lowest BCUT2D eigenvalue weighted by atomic mass is 10.3. The molecular formula is C10H15N3O4S. The molecular weight excluding hydrogens is 258 g/mol. The predicted molar refractivity (Wildman–Crippen MR) is 65.6 cm³/mol. The van der Waals surface area contributed by atoms with Crippen LogP contribution in [0.15, 0.2) is 23.4 Å². The van der Waals surface area contributed by atoms with Gasteiger partial charge >= 0.3 is 0 Å². The van der Waals surface area contributed by atoms with Crippen molar-refractivity contribution in [1.29, 1.82) is 0 Å². The molecule has 0 spiro atoms. The Morgan fingerprint density at radius 2 is 2.17 bits per heavy atom. The standard InChI is InChI=1S/C10H15N3O4S/c1-2-3-4-6-12-18(16,17)10-8-11-7-5-9(10)13(14)15/h5,7-8,12H,2-4,6H2,1H3. The molecule has 18 heavy (non-hydrogen) atoms. The highest BCUT2D eigenvalue weighted by molar-refractivity contribution is 7.89. The highest BCUT2D eigenvalue weighted by Crippen LogP contribution is 2.21. The number of rotatable bonds is 7.